The van der Waals surface area contributed by atoms with Crippen LogP contribution in [0.15, 0.2) is 18.2 Å². The fourth-order valence-corrected chi connectivity index (χ4v) is 2.59. The minimum absolute atomic E-state index is 0.0491. The summed E-state index contributed by atoms with van der Waals surface area (Å²) in [5, 5.41) is 18.0. The van der Waals surface area contributed by atoms with Crippen molar-refractivity contribution < 1.29 is 14.4 Å². The first kappa shape index (κ1) is 14.5. The fraction of sp³-hybridized carbons (Fsp3) is 0.500. The average molecular weight is 256 g/mol. The first-order chi connectivity index (χ1) is 8.00. The molecule has 0 saturated carbocycles. The first-order valence-corrected chi connectivity index (χ1v) is 6.88. The molecule has 0 heterocycles. The van der Waals surface area contributed by atoms with Crippen molar-refractivity contribution in [1.29, 1.82) is 0 Å². The molecule has 1 aromatic carbocycles. The molecule has 0 spiro atoms. The van der Waals surface area contributed by atoms with Crippen molar-refractivity contribution in [2.45, 2.75) is 26.0 Å². The van der Waals surface area contributed by atoms with Crippen molar-refractivity contribution in [3.05, 3.63) is 29.6 Å². The molecule has 0 aromatic heterocycles. The van der Waals surface area contributed by atoms with Crippen molar-refractivity contribution in [3.63, 3.8) is 0 Å². The largest absolute Gasteiger partial charge is 0.491 e. The minimum Gasteiger partial charge on any atom is -0.423 e. The van der Waals surface area contributed by atoms with E-state index in [1.807, 2.05) is 0 Å². The lowest BCUT2D eigenvalue weighted by Gasteiger charge is -2.07. The Morgan fingerprint density at radius 2 is 2.06 bits per heavy atom. The Kier molecular flexibility index (Phi) is 6.02. The van der Waals surface area contributed by atoms with Crippen LogP contribution >= 0.6 is 11.8 Å². The molecule has 0 saturated heterocycles. The Labute approximate surface area is 106 Å². The summed E-state index contributed by atoms with van der Waals surface area (Å²) in [5.41, 5.74) is 0.871. The molecule has 5 heteroatoms. The lowest BCUT2D eigenvalue weighted by atomic mass is 9.79. The van der Waals surface area contributed by atoms with E-state index in [1.165, 1.54) is 12.1 Å². The summed E-state index contributed by atoms with van der Waals surface area (Å²) >= 11 is 1.78. The maximum atomic E-state index is 13.2. The van der Waals surface area contributed by atoms with Gasteiger partial charge in [-0.1, -0.05) is 26.0 Å². The monoisotopic (exact) mass is 256 g/mol. The highest BCUT2D eigenvalue weighted by Crippen LogP contribution is 2.15. The van der Waals surface area contributed by atoms with Crippen molar-refractivity contribution in [3.8, 4) is 0 Å². The molecule has 0 fully saturated rings. The molecule has 2 N–H and O–H groups in total. The van der Waals surface area contributed by atoms with E-state index in [2.05, 4.69) is 13.8 Å². The van der Waals surface area contributed by atoms with Crippen LogP contribution in [-0.4, -0.2) is 22.9 Å². The fourth-order valence-electron chi connectivity index (χ4n) is 1.39. The summed E-state index contributed by atoms with van der Waals surface area (Å²) in [6, 6.07) is 4.49. The molecule has 1 rings (SSSR count). The van der Waals surface area contributed by atoms with Crippen LogP contribution in [0.1, 0.15) is 25.8 Å². The zero-order valence-electron chi connectivity index (χ0n) is 10.2. The lowest BCUT2D eigenvalue weighted by Crippen LogP contribution is -2.33. The van der Waals surface area contributed by atoms with E-state index in [0.717, 1.165) is 23.5 Å². The van der Waals surface area contributed by atoms with E-state index in [4.69, 9.17) is 10.0 Å². The Morgan fingerprint density at radius 3 is 2.65 bits per heavy atom. The van der Waals surface area contributed by atoms with E-state index in [0.29, 0.717) is 5.92 Å². The number of hydrogen-bond donors (Lipinski definition) is 2. The summed E-state index contributed by atoms with van der Waals surface area (Å²) in [6.45, 7) is 4.36. The van der Waals surface area contributed by atoms with Gasteiger partial charge in [0.25, 0.3) is 0 Å². The van der Waals surface area contributed by atoms with Gasteiger partial charge in [0.05, 0.1) is 0 Å². The van der Waals surface area contributed by atoms with Gasteiger partial charge in [-0.25, -0.2) is 4.39 Å². The second-order valence-electron chi connectivity index (χ2n) is 4.46. The van der Waals surface area contributed by atoms with E-state index >= 15 is 0 Å². The summed E-state index contributed by atoms with van der Waals surface area (Å²) < 4.78 is 13.2. The predicted molar refractivity (Wildman–Crippen MR) is 71.8 cm³/mol. The molecular weight excluding hydrogens is 238 g/mol. The molecule has 0 bridgehead atoms. The van der Waals surface area contributed by atoms with E-state index in [9.17, 15) is 4.39 Å². The molecule has 0 aliphatic rings. The maximum Gasteiger partial charge on any atom is 0.491 e. The average Bonchev–Trinajstić information content (AvgIpc) is 2.25. The lowest BCUT2D eigenvalue weighted by molar-refractivity contribution is 0.423. The number of hydrogen-bond acceptors (Lipinski definition) is 3. The second kappa shape index (κ2) is 7.04. The molecule has 0 amide bonds. The Hall–Kier alpha value is -0.515. The van der Waals surface area contributed by atoms with Gasteiger partial charge in [0.2, 0.25) is 0 Å². The van der Waals surface area contributed by atoms with E-state index < -0.39 is 12.9 Å². The van der Waals surface area contributed by atoms with Crippen LogP contribution in [0.5, 0.6) is 0 Å². The van der Waals surface area contributed by atoms with Gasteiger partial charge in [-0.2, -0.15) is 11.8 Å². The van der Waals surface area contributed by atoms with Gasteiger partial charge >= 0.3 is 7.12 Å². The summed E-state index contributed by atoms with van der Waals surface area (Å²) in [5.74, 6) is 1.94. The van der Waals surface area contributed by atoms with Crippen molar-refractivity contribution in [2.75, 3.05) is 5.75 Å². The van der Waals surface area contributed by atoms with Gasteiger partial charge in [0.1, 0.15) is 5.82 Å². The smallest absolute Gasteiger partial charge is 0.423 e. The van der Waals surface area contributed by atoms with Gasteiger partial charge in [-0.15, -0.1) is 0 Å². The zero-order chi connectivity index (χ0) is 12.8. The molecule has 1 aromatic rings. The van der Waals surface area contributed by atoms with Gasteiger partial charge in [-0.3, -0.25) is 0 Å². The summed E-state index contributed by atoms with van der Waals surface area (Å²) in [4.78, 5) is 0. The van der Waals surface area contributed by atoms with Gasteiger partial charge < -0.3 is 10.0 Å². The van der Waals surface area contributed by atoms with Crippen LogP contribution in [0, 0.1) is 11.7 Å². The quantitative estimate of drug-likeness (QED) is 0.602. The first-order valence-electron chi connectivity index (χ1n) is 5.73. The maximum absolute atomic E-state index is 13.2. The molecule has 0 aliphatic heterocycles. The number of rotatable bonds is 6. The zero-order valence-corrected chi connectivity index (χ0v) is 11.0. The van der Waals surface area contributed by atoms with E-state index in [1.54, 1.807) is 17.8 Å². The van der Waals surface area contributed by atoms with Gasteiger partial charge in [0.15, 0.2) is 0 Å². The van der Waals surface area contributed by atoms with Crippen LogP contribution in [0.2, 0.25) is 0 Å². The van der Waals surface area contributed by atoms with Crippen molar-refractivity contribution in [2.24, 2.45) is 5.92 Å². The third-order valence-electron chi connectivity index (χ3n) is 2.45. The van der Waals surface area contributed by atoms with Crippen molar-refractivity contribution in [1.82, 2.24) is 0 Å². The van der Waals surface area contributed by atoms with Crippen LogP contribution in [0.25, 0.3) is 0 Å². The highest BCUT2D eigenvalue weighted by Gasteiger charge is 2.16. The minimum atomic E-state index is -1.74. The molecule has 0 atom stereocenters. The van der Waals surface area contributed by atoms with Gasteiger partial charge in [0, 0.05) is 11.2 Å². The second-order valence-corrected chi connectivity index (χ2v) is 5.57. The summed E-state index contributed by atoms with van der Waals surface area (Å²) in [6.07, 6.45) is 1.15. The standard InChI is InChI=1S/C12H18BFO2S/c1-9(2)5-6-17-8-10-3-4-12(14)11(7-10)13(15)16/h3-4,7,9,15-16H,5-6,8H2,1-2H3. The molecule has 2 nitrogen and oxygen atoms in total. The predicted octanol–water partition coefficient (Wildman–Crippen LogP) is 1.78. The van der Waals surface area contributed by atoms with Crippen molar-refractivity contribution >= 4 is 24.3 Å². The molecule has 0 unspecified atom stereocenters. The SMILES string of the molecule is CC(C)CCSCc1ccc(F)c(B(O)O)c1. The molecular formula is C12H18BFO2S. The van der Waals surface area contributed by atoms with E-state index in [-0.39, 0.29) is 5.46 Å². The number of halogens is 1. The Bertz CT molecular complexity index is 358. The molecule has 17 heavy (non-hydrogen) atoms. The normalized spacial score (nSPS) is 10.9. The number of thioether (sulfide) groups is 1. The topological polar surface area (TPSA) is 40.5 Å². The highest BCUT2D eigenvalue weighted by atomic mass is 32.2. The molecule has 0 aliphatic carbocycles. The highest BCUT2D eigenvalue weighted by molar-refractivity contribution is 7.98. The molecule has 94 valence electrons. The van der Waals surface area contributed by atoms with Crippen LogP contribution in [-0.2, 0) is 5.75 Å². The Balaban J connectivity index is 2.51. The third kappa shape index (κ3) is 5.11. The molecule has 0 radical (unpaired) electrons. The van der Waals surface area contributed by atoms with Crippen LogP contribution in [0.3, 0.4) is 0 Å². The third-order valence-corrected chi connectivity index (χ3v) is 3.51. The summed E-state index contributed by atoms with van der Waals surface area (Å²) in [7, 11) is -1.74. The van der Waals surface area contributed by atoms with Crippen LogP contribution in [0.4, 0.5) is 4.39 Å². The van der Waals surface area contributed by atoms with Crippen LogP contribution < -0.4 is 5.46 Å². The van der Waals surface area contributed by atoms with Gasteiger partial charge in [-0.05, 0) is 29.7 Å². The number of benzene rings is 1. The Morgan fingerprint density at radius 1 is 1.35 bits per heavy atom.